The zero-order chi connectivity index (χ0) is 14.6. The molecule has 0 radical (unpaired) electrons. The van der Waals surface area contributed by atoms with E-state index in [-0.39, 0.29) is 24.3 Å². The maximum Gasteiger partial charge on any atom is 0.275 e. The highest BCUT2D eigenvalue weighted by Gasteiger charge is 2.21. The Kier molecular flexibility index (Phi) is 5.17. The molecule has 19 heavy (non-hydrogen) atoms. The number of nitrogens with zero attached hydrogens (tertiary/aromatic N) is 1. The summed E-state index contributed by atoms with van der Waals surface area (Å²) in [6, 6.07) is 1.08. The van der Waals surface area contributed by atoms with Crippen molar-refractivity contribution in [2.75, 3.05) is 19.0 Å². The number of anilines is 1. The number of halogens is 2. The largest absolute Gasteiger partial charge is 0.383 e. The third kappa shape index (κ3) is 3.85. The molecule has 1 unspecified atom stereocenters. The number of methoxy groups -OCH3 is 1. The standard InChI is InChI=1S/C12H16F2N2O3/c1-7(2)11(6-19-3)15-12-9(13)4-8(16(17)18)5-10(12)14/h4-5,7,11,15H,6H2,1-3H3. The lowest BCUT2D eigenvalue weighted by Gasteiger charge is -2.23. The molecule has 0 heterocycles. The number of hydrogen-bond acceptors (Lipinski definition) is 4. The molecular formula is C12H16F2N2O3. The van der Waals surface area contributed by atoms with E-state index < -0.39 is 22.2 Å². The van der Waals surface area contributed by atoms with Crippen molar-refractivity contribution in [3.63, 3.8) is 0 Å². The molecule has 0 amide bonds. The summed E-state index contributed by atoms with van der Waals surface area (Å²) in [6.45, 7) is 4.02. The fourth-order valence-corrected chi connectivity index (χ4v) is 1.57. The molecule has 0 aliphatic heterocycles. The molecule has 7 heteroatoms. The second-order valence-electron chi connectivity index (χ2n) is 4.49. The van der Waals surface area contributed by atoms with Gasteiger partial charge in [-0.1, -0.05) is 13.8 Å². The smallest absolute Gasteiger partial charge is 0.275 e. The Morgan fingerprint density at radius 3 is 2.26 bits per heavy atom. The predicted molar refractivity (Wildman–Crippen MR) is 67.1 cm³/mol. The van der Waals surface area contributed by atoms with Gasteiger partial charge in [-0.2, -0.15) is 0 Å². The van der Waals surface area contributed by atoms with Crippen LogP contribution in [0.5, 0.6) is 0 Å². The van der Waals surface area contributed by atoms with Crippen molar-refractivity contribution in [3.8, 4) is 0 Å². The summed E-state index contributed by atoms with van der Waals surface area (Å²) < 4.78 is 32.3. The maximum atomic E-state index is 13.7. The topological polar surface area (TPSA) is 64.4 Å². The Labute approximate surface area is 109 Å². The van der Waals surface area contributed by atoms with Gasteiger partial charge in [-0.05, 0) is 5.92 Å². The molecule has 1 N–H and O–H groups in total. The highest BCUT2D eigenvalue weighted by atomic mass is 19.1. The highest BCUT2D eigenvalue weighted by Crippen LogP contribution is 2.26. The molecule has 0 spiro atoms. The molecule has 0 aliphatic carbocycles. The van der Waals surface area contributed by atoms with Crippen molar-refractivity contribution in [3.05, 3.63) is 33.9 Å². The molecular weight excluding hydrogens is 258 g/mol. The minimum atomic E-state index is -0.992. The number of nitro benzene ring substituents is 1. The van der Waals surface area contributed by atoms with Crippen molar-refractivity contribution in [1.29, 1.82) is 0 Å². The Morgan fingerprint density at radius 1 is 1.37 bits per heavy atom. The molecule has 1 rings (SSSR count). The van der Waals surface area contributed by atoms with Crippen LogP contribution in [0, 0.1) is 27.7 Å². The number of rotatable bonds is 6. The zero-order valence-electron chi connectivity index (χ0n) is 10.9. The Hall–Kier alpha value is -1.76. The molecule has 1 aromatic rings. The van der Waals surface area contributed by atoms with E-state index in [1.807, 2.05) is 13.8 Å². The van der Waals surface area contributed by atoms with Crippen LogP contribution in [0.15, 0.2) is 12.1 Å². The summed E-state index contributed by atoms with van der Waals surface area (Å²) in [5, 5.41) is 13.2. The molecule has 0 bridgehead atoms. The summed E-state index contributed by atoms with van der Waals surface area (Å²) in [4.78, 5) is 9.64. The lowest BCUT2D eigenvalue weighted by molar-refractivity contribution is -0.385. The van der Waals surface area contributed by atoms with Crippen LogP contribution in [-0.4, -0.2) is 24.7 Å². The maximum absolute atomic E-state index is 13.7. The molecule has 0 aliphatic rings. The van der Waals surface area contributed by atoms with Gasteiger partial charge in [0.1, 0.15) is 5.69 Å². The molecule has 106 valence electrons. The zero-order valence-corrected chi connectivity index (χ0v) is 10.9. The number of ether oxygens (including phenoxy) is 1. The van der Waals surface area contributed by atoms with Crippen LogP contribution in [0.1, 0.15) is 13.8 Å². The summed E-state index contributed by atoms with van der Waals surface area (Å²) in [5.74, 6) is -1.91. The summed E-state index contributed by atoms with van der Waals surface area (Å²) in [6.07, 6.45) is 0. The minimum Gasteiger partial charge on any atom is -0.383 e. The van der Waals surface area contributed by atoms with Crippen LogP contribution >= 0.6 is 0 Å². The van der Waals surface area contributed by atoms with Crippen molar-refractivity contribution in [2.45, 2.75) is 19.9 Å². The van der Waals surface area contributed by atoms with Crippen molar-refractivity contribution < 1.29 is 18.4 Å². The van der Waals surface area contributed by atoms with Gasteiger partial charge in [0, 0.05) is 7.11 Å². The van der Waals surface area contributed by atoms with Crippen LogP contribution in [0.2, 0.25) is 0 Å². The van der Waals surface area contributed by atoms with Crippen LogP contribution in [0.4, 0.5) is 20.2 Å². The first-order chi connectivity index (χ1) is 8.86. The first-order valence-electron chi connectivity index (χ1n) is 5.75. The average Bonchev–Trinajstić information content (AvgIpc) is 2.31. The lowest BCUT2D eigenvalue weighted by Crippen LogP contribution is -2.31. The monoisotopic (exact) mass is 274 g/mol. The number of non-ortho nitro benzene ring substituents is 1. The van der Waals surface area contributed by atoms with Crippen molar-refractivity contribution >= 4 is 11.4 Å². The second kappa shape index (κ2) is 6.42. The third-order valence-corrected chi connectivity index (χ3v) is 2.72. The van der Waals surface area contributed by atoms with E-state index in [1.165, 1.54) is 7.11 Å². The molecule has 5 nitrogen and oxygen atoms in total. The summed E-state index contributed by atoms with van der Waals surface area (Å²) >= 11 is 0. The minimum absolute atomic E-state index is 0.0777. The predicted octanol–water partition coefficient (Wildman–Crippen LogP) is 2.96. The number of nitrogens with one attached hydrogen (secondary N) is 1. The number of hydrogen-bond donors (Lipinski definition) is 1. The quantitative estimate of drug-likeness (QED) is 0.640. The van der Waals surface area contributed by atoms with Crippen molar-refractivity contribution in [2.24, 2.45) is 5.92 Å². The van der Waals surface area contributed by atoms with Crippen molar-refractivity contribution in [1.82, 2.24) is 0 Å². The Morgan fingerprint density at radius 2 is 1.89 bits per heavy atom. The molecule has 0 saturated carbocycles. The highest BCUT2D eigenvalue weighted by molar-refractivity contribution is 5.52. The van der Waals surface area contributed by atoms with E-state index in [4.69, 9.17) is 4.74 Å². The van der Waals surface area contributed by atoms with Gasteiger partial charge in [0.15, 0.2) is 11.6 Å². The van der Waals surface area contributed by atoms with Gasteiger partial charge < -0.3 is 10.1 Å². The Bertz CT molecular complexity index is 443. The van der Waals surface area contributed by atoms with Crippen LogP contribution in [0.3, 0.4) is 0 Å². The van der Waals surface area contributed by atoms with Gasteiger partial charge in [-0.25, -0.2) is 8.78 Å². The van der Waals surface area contributed by atoms with Gasteiger partial charge in [-0.15, -0.1) is 0 Å². The lowest BCUT2D eigenvalue weighted by atomic mass is 10.0. The third-order valence-electron chi connectivity index (χ3n) is 2.72. The molecule has 0 saturated heterocycles. The van der Waals surface area contributed by atoms with Gasteiger partial charge in [0.25, 0.3) is 5.69 Å². The average molecular weight is 274 g/mol. The van der Waals surface area contributed by atoms with Gasteiger partial charge in [0.05, 0.1) is 29.7 Å². The first kappa shape index (κ1) is 15.3. The normalized spacial score (nSPS) is 12.5. The second-order valence-corrected chi connectivity index (χ2v) is 4.49. The molecule has 1 aromatic carbocycles. The van der Waals surface area contributed by atoms with E-state index in [2.05, 4.69) is 5.32 Å². The summed E-state index contributed by atoms with van der Waals surface area (Å²) in [5.41, 5.74) is -0.991. The van der Waals surface area contributed by atoms with E-state index in [1.54, 1.807) is 0 Å². The molecule has 1 atom stereocenters. The van der Waals surface area contributed by atoms with E-state index >= 15 is 0 Å². The van der Waals surface area contributed by atoms with E-state index in [0.29, 0.717) is 12.1 Å². The van der Waals surface area contributed by atoms with Gasteiger partial charge in [0.2, 0.25) is 0 Å². The SMILES string of the molecule is COCC(Nc1c(F)cc([N+](=O)[O-])cc1F)C(C)C. The molecule has 0 fully saturated rings. The van der Waals surface area contributed by atoms with Crippen LogP contribution in [0.25, 0.3) is 0 Å². The van der Waals surface area contributed by atoms with Gasteiger partial charge >= 0.3 is 0 Å². The van der Waals surface area contributed by atoms with E-state index in [9.17, 15) is 18.9 Å². The first-order valence-corrected chi connectivity index (χ1v) is 5.75. The van der Waals surface area contributed by atoms with Crippen LogP contribution in [-0.2, 0) is 4.74 Å². The fourth-order valence-electron chi connectivity index (χ4n) is 1.57. The molecule has 0 aromatic heterocycles. The van der Waals surface area contributed by atoms with E-state index in [0.717, 1.165) is 0 Å². The van der Waals surface area contributed by atoms with Gasteiger partial charge in [-0.3, -0.25) is 10.1 Å². The number of nitro groups is 1. The summed E-state index contributed by atoms with van der Waals surface area (Å²) in [7, 11) is 1.49. The fraction of sp³-hybridized carbons (Fsp3) is 0.500. The Balaban J connectivity index is 3.04. The van der Waals surface area contributed by atoms with Crippen LogP contribution < -0.4 is 5.32 Å². The number of benzene rings is 1.